The molecule has 0 radical (unpaired) electrons. The van der Waals surface area contributed by atoms with Crippen molar-refractivity contribution in [2.45, 2.75) is 77.4 Å². The maximum Gasteiger partial charge on any atom is 0.407 e. The number of alkyl carbamates (subject to hydrolysis) is 1. The van der Waals surface area contributed by atoms with Crippen LogP contribution in [0.15, 0.2) is 0 Å². The summed E-state index contributed by atoms with van der Waals surface area (Å²) in [6.07, 6.45) is 7.55. The number of hydrogen-bond acceptors (Lipinski definition) is 3. The van der Waals surface area contributed by atoms with Crippen molar-refractivity contribution in [2.24, 2.45) is 5.92 Å². The number of alkyl halides is 1. The normalized spacial score (nSPS) is 20.0. The van der Waals surface area contributed by atoms with Crippen molar-refractivity contribution in [1.82, 2.24) is 5.32 Å². The predicted molar refractivity (Wildman–Crippen MR) is 98.7 cm³/mol. The Bertz CT molecular complexity index is 335. The van der Waals surface area contributed by atoms with Gasteiger partial charge in [0.2, 0.25) is 0 Å². The van der Waals surface area contributed by atoms with Crippen LogP contribution in [0.25, 0.3) is 0 Å². The zero-order valence-electron chi connectivity index (χ0n) is 14.5. The van der Waals surface area contributed by atoms with Gasteiger partial charge in [0.05, 0.1) is 18.8 Å². The molecule has 1 fully saturated rings. The molecule has 1 amide bonds. The van der Waals surface area contributed by atoms with Gasteiger partial charge in [0.15, 0.2) is 0 Å². The van der Waals surface area contributed by atoms with Crippen LogP contribution in [0.4, 0.5) is 4.79 Å². The predicted octanol–water partition coefficient (Wildman–Crippen LogP) is 4.69. The Morgan fingerprint density at radius 1 is 1.14 bits per heavy atom. The van der Waals surface area contributed by atoms with Gasteiger partial charge in [-0.3, -0.25) is 0 Å². The number of ether oxygens (including phenoxy) is 2. The number of amides is 1. The molecular formula is C17H32INO3. The lowest BCUT2D eigenvalue weighted by Crippen LogP contribution is -2.46. The van der Waals surface area contributed by atoms with E-state index >= 15 is 0 Å². The summed E-state index contributed by atoms with van der Waals surface area (Å²) >= 11 is 2.33. The van der Waals surface area contributed by atoms with Gasteiger partial charge in [-0.25, -0.2) is 4.79 Å². The standard InChI is InChI=1S/C17H32INO3/c1-16(2,3)22-15(20)19-13-17(4,12-18)21-11-14-9-7-5-6-8-10-14/h14H,5-13H2,1-4H3,(H,19,20). The first-order valence-electron chi connectivity index (χ1n) is 8.41. The van der Waals surface area contributed by atoms with Crippen LogP contribution in [0.5, 0.6) is 0 Å². The SMILES string of the molecule is CC(C)(C)OC(=O)NCC(C)(CI)OCC1CCCCCC1. The first kappa shape index (κ1) is 20.0. The molecule has 1 aliphatic carbocycles. The van der Waals surface area contributed by atoms with E-state index in [-0.39, 0.29) is 11.7 Å². The van der Waals surface area contributed by atoms with E-state index in [0.29, 0.717) is 12.5 Å². The minimum Gasteiger partial charge on any atom is -0.444 e. The van der Waals surface area contributed by atoms with Gasteiger partial charge in [-0.05, 0) is 46.5 Å². The molecule has 0 aliphatic heterocycles. The molecule has 0 bridgehead atoms. The lowest BCUT2D eigenvalue weighted by Gasteiger charge is -2.31. The number of nitrogens with one attached hydrogen (secondary N) is 1. The molecule has 1 N–H and O–H groups in total. The van der Waals surface area contributed by atoms with E-state index in [1.807, 2.05) is 20.8 Å². The molecule has 0 aromatic rings. The van der Waals surface area contributed by atoms with Crippen LogP contribution in [-0.4, -0.2) is 34.9 Å². The molecule has 0 aromatic carbocycles. The van der Waals surface area contributed by atoms with Crippen LogP contribution in [0.3, 0.4) is 0 Å². The van der Waals surface area contributed by atoms with Gasteiger partial charge >= 0.3 is 6.09 Å². The molecule has 1 unspecified atom stereocenters. The fourth-order valence-electron chi connectivity index (χ4n) is 2.56. The van der Waals surface area contributed by atoms with Crippen LogP contribution in [-0.2, 0) is 9.47 Å². The molecule has 0 heterocycles. The summed E-state index contributed by atoms with van der Waals surface area (Å²) in [5.74, 6) is 0.673. The third-order valence-corrected chi connectivity index (χ3v) is 5.54. The topological polar surface area (TPSA) is 47.6 Å². The fraction of sp³-hybridized carbons (Fsp3) is 0.941. The van der Waals surface area contributed by atoms with Gasteiger partial charge < -0.3 is 14.8 Å². The minimum atomic E-state index is -0.466. The van der Waals surface area contributed by atoms with Crippen LogP contribution < -0.4 is 5.32 Å². The second kappa shape index (κ2) is 9.30. The summed E-state index contributed by atoms with van der Waals surface area (Å²) in [6.45, 7) is 8.95. The lowest BCUT2D eigenvalue weighted by molar-refractivity contribution is -0.0326. The lowest BCUT2D eigenvalue weighted by atomic mass is 10.0. The zero-order chi connectivity index (χ0) is 16.6. The van der Waals surface area contributed by atoms with Gasteiger partial charge in [-0.1, -0.05) is 48.3 Å². The van der Waals surface area contributed by atoms with Crippen LogP contribution >= 0.6 is 22.6 Å². The average molecular weight is 425 g/mol. The molecule has 4 nitrogen and oxygen atoms in total. The summed E-state index contributed by atoms with van der Waals surface area (Å²) in [5, 5.41) is 2.84. The van der Waals surface area contributed by atoms with Crippen LogP contribution in [0.2, 0.25) is 0 Å². The van der Waals surface area contributed by atoms with Crippen molar-refractivity contribution >= 4 is 28.7 Å². The molecular weight excluding hydrogens is 393 g/mol. The van der Waals surface area contributed by atoms with Crippen molar-refractivity contribution in [3.05, 3.63) is 0 Å². The second-order valence-corrected chi connectivity index (χ2v) is 8.37. The van der Waals surface area contributed by atoms with E-state index in [0.717, 1.165) is 11.0 Å². The van der Waals surface area contributed by atoms with Gasteiger partial charge in [0, 0.05) is 4.43 Å². The van der Waals surface area contributed by atoms with Gasteiger partial charge in [-0.2, -0.15) is 0 Å². The summed E-state index contributed by atoms with van der Waals surface area (Å²) in [4.78, 5) is 11.8. The van der Waals surface area contributed by atoms with Crippen molar-refractivity contribution < 1.29 is 14.3 Å². The highest BCUT2D eigenvalue weighted by Gasteiger charge is 2.27. The molecule has 1 atom stereocenters. The molecule has 1 saturated carbocycles. The quantitative estimate of drug-likeness (QED) is 0.382. The maximum atomic E-state index is 11.8. The number of hydrogen-bond donors (Lipinski definition) is 1. The highest BCUT2D eigenvalue weighted by molar-refractivity contribution is 14.1. The zero-order valence-corrected chi connectivity index (χ0v) is 16.7. The second-order valence-electron chi connectivity index (χ2n) is 7.61. The smallest absolute Gasteiger partial charge is 0.407 e. The number of carbonyl (C=O) groups is 1. The third kappa shape index (κ3) is 8.56. The largest absolute Gasteiger partial charge is 0.444 e. The summed E-state index contributed by atoms with van der Waals surface area (Å²) in [7, 11) is 0. The summed E-state index contributed by atoms with van der Waals surface area (Å²) in [6, 6.07) is 0. The number of halogens is 1. The highest BCUT2D eigenvalue weighted by Crippen LogP contribution is 2.25. The van der Waals surface area contributed by atoms with Crippen molar-refractivity contribution in [2.75, 3.05) is 17.6 Å². The average Bonchev–Trinajstić information content (AvgIpc) is 2.70. The highest BCUT2D eigenvalue weighted by atomic mass is 127. The Hall–Kier alpha value is -0.0400. The Morgan fingerprint density at radius 2 is 1.73 bits per heavy atom. The first-order chi connectivity index (χ1) is 10.2. The first-order valence-corrected chi connectivity index (χ1v) is 9.93. The molecule has 0 spiro atoms. The van der Waals surface area contributed by atoms with Gasteiger partial charge in [-0.15, -0.1) is 0 Å². The summed E-state index contributed by atoms with van der Waals surface area (Å²) < 4.78 is 12.3. The Labute approximate surface area is 149 Å². The maximum absolute atomic E-state index is 11.8. The van der Waals surface area contributed by atoms with E-state index in [1.165, 1.54) is 38.5 Å². The van der Waals surface area contributed by atoms with E-state index in [2.05, 4.69) is 34.8 Å². The van der Waals surface area contributed by atoms with E-state index in [1.54, 1.807) is 0 Å². The number of rotatable bonds is 6. The minimum absolute atomic E-state index is 0.330. The number of carbonyl (C=O) groups excluding carboxylic acids is 1. The molecule has 130 valence electrons. The van der Waals surface area contributed by atoms with Crippen molar-refractivity contribution in [1.29, 1.82) is 0 Å². The fourth-order valence-corrected chi connectivity index (χ4v) is 3.05. The Kier molecular flexibility index (Phi) is 8.46. The third-order valence-electron chi connectivity index (χ3n) is 3.93. The van der Waals surface area contributed by atoms with Crippen molar-refractivity contribution in [3.8, 4) is 0 Å². The Balaban J connectivity index is 2.37. The van der Waals surface area contributed by atoms with Crippen LogP contribution in [0.1, 0.15) is 66.2 Å². The van der Waals surface area contributed by atoms with E-state index < -0.39 is 5.60 Å². The van der Waals surface area contributed by atoms with Crippen molar-refractivity contribution in [3.63, 3.8) is 0 Å². The molecule has 5 heteroatoms. The van der Waals surface area contributed by atoms with E-state index in [4.69, 9.17) is 9.47 Å². The monoisotopic (exact) mass is 425 g/mol. The molecule has 22 heavy (non-hydrogen) atoms. The molecule has 1 rings (SSSR count). The molecule has 0 saturated heterocycles. The van der Waals surface area contributed by atoms with Gasteiger partial charge in [0.25, 0.3) is 0 Å². The molecule has 1 aliphatic rings. The van der Waals surface area contributed by atoms with Gasteiger partial charge in [0.1, 0.15) is 5.60 Å². The molecule has 0 aromatic heterocycles. The Morgan fingerprint density at radius 3 is 2.23 bits per heavy atom. The van der Waals surface area contributed by atoms with Crippen LogP contribution in [0, 0.1) is 5.92 Å². The van der Waals surface area contributed by atoms with E-state index in [9.17, 15) is 4.79 Å². The summed E-state index contributed by atoms with van der Waals surface area (Å²) in [5.41, 5.74) is -0.796.